The topological polar surface area (TPSA) is 67.4 Å². The van der Waals surface area contributed by atoms with Crippen LogP contribution in [0.25, 0.3) is 0 Å². The molecule has 0 unspecified atom stereocenters. The molecule has 24 heavy (non-hydrogen) atoms. The van der Waals surface area contributed by atoms with Crippen molar-refractivity contribution in [1.29, 1.82) is 0 Å². The molecule has 0 saturated carbocycles. The second kappa shape index (κ2) is 7.36. The molecule has 3 rings (SSSR count). The molecule has 2 aromatic carbocycles. The lowest BCUT2D eigenvalue weighted by atomic mass is 10.0. The molecule has 0 fully saturated rings. The van der Waals surface area contributed by atoms with Gasteiger partial charge in [0.25, 0.3) is 5.91 Å². The van der Waals surface area contributed by atoms with E-state index < -0.39 is 0 Å². The highest BCUT2D eigenvalue weighted by molar-refractivity contribution is 6.32. The van der Waals surface area contributed by atoms with Crippen LogP contribution in [0.2, 0.25) is 5.02 Å². The highest BCUT2D eigenvalue weighted by Gasteiger charge is 2.24. The molecular weight excluding hydrogens is 328 g/mol. The van der Waals surface area contributed by atoms with Crippen molar-refractivity contribution in [2.24, 2.45) is 0 Å². The molecule has 6 heteroatoms. The standard InChI is InChI=1S/C18H17ClN2O3/c19-14-8-4-7-13-15(9-10-24-17(13)14)21-16(22)11-20-18(23)12-5-2-1-3-6-12/h1-8,15H,9-11H2,(H,20,23)(H,21,22)/t15-/m1/s1. The number of amides is 2. The number of carbonyl (C=O) groups is 2. The Hall–Kier alpha value is -2.53. The average molecular weight is 345 g/mol. The summed E-state index contributed by atoms with van der Waals surface area (Å²) in [7, 11) is 0. The van der Waals surface area contributed by atoms with E-state index in [1.807, 2.05) is 18.2 Å². The number of hydrogen-bond acceptors (Lipinski definition) is 3. The van der Waals surface area contributed by atoms with Crippen molar-refractivity contribution < 1.29 is 14.3 Å². The fourth-order valence-corrected chi connectivity index (χ4v) is 2.87. The Kier molecular flexibility index (Phi) is 5.01. The van der Waals surface area contributed by atoms with E-state index in [-0.39, 0.29) is 24.4 Å². The molecule has 0 radical (unpaired) electrons. The zero-order valence-corrected chi connectivity index (χ0v) is 13.7. The first kappa shape index (κ1) is 16.3. The fraction of sp³-hybridized carbons (Fsp3) is 0.222. The Labute approximate surface area is 145 Å². The minimum absolute atomic E-state index is 0.0824. The molecule has 0 aliphatic carbocycles. The van der Waals surface area contributed by atoms with E-state index in [0.717, 1.165) is 5.56 Å². The number of hydrogen-bond donors (Lipinski definition) is 2. The normalized spacial score (nSPS) is 15.8. The van der Waals surface area contributed by atoms with Crippen LogP contribution in [-0.2, 0) is 4.79 Å². The molecule has 5 nitrogen and oxygen atoms in total. The molecule has 2 aromatic rings. The van der Waals surface area contributed by atoms with E-state index in [1.54, 1.807) is 30.3 Å². The number of carbonyl (C=O) groups excluding carboxylic acids is 2. The number of rotatable bonds is 4. The van der Waals surface area contributed by atoms with E-state index in [9.17, 15) is 9.59 Å². The predicted octanol–water partition coefficient (Wildman–Crippen LogP) is 2.71. The van der Waals surface area contributed by atoms with Gasteiger partial charge in [-0.3, -0.25) is 9.59 Å². The van der Waals surface area contributed by atoms with Crippen molar-refractivity contribution in [3.05, 3.63) is 64.7 Å². The van der Waals surface area contributed by atoms with Crippen molar-refractivity contribution in [3.63, 3.8) is 0 Å². The summed E-state index contributed by atoms with van der Waals surface area (Å²) in [6, 6.07) is 14.1. The fourth-order valence-electron chi connectivity index (χ4n) is 2.63. The van der Waals surface area contributed by atoms with Gasteiger partial charge in [-0.2, -0.15) is 0 Å². The van der Waals surface area contributed by atoms with E-state index in [1.165, 1.54) is 0 Å². The summed E-state index contributed by atoms with van der Waals surface area (Å²) in [4.78, 5) is 24.1. The van der Waals surface area contributed by atoms with Crippen LogP contribution < -0.4 is 15.4 Å². The van der Waals surface area contributed by atoms with E-state index in [4.69, 9.17) is 16.3 Å². The van der Waals surface area contributed by atoms with Crippen molar-refractivity contribution in [1.82, 2.24) is 10.6 Å². The lowest BCUT2D eigenvalue weighted by molar-refractivity contribution is -0.121. The van der Waals surface area contributed by atoms with Crippen LogP contribution in [0.5, 0.6) is 5.75 Å². The number of ether oxygens (including phenoxy) is 1. The quantitative estimate of drug-likeness (QED) is 0.896. The Morgan fingerprint density at radius 1 is 1.12 bits per heavy atom. The van der Waals surface area contributed by atoms with Gasteiger partial charge in [0.15, 0.2) is 0 Å². The van der Waals surface area contributed by atoms with Crippen LogP contribution in [0.15, 0.2) is 48.5 Å². The molecule has 1 aliphatic rings. The molecule has 0 saturated heterocycles. The third-order valence-corrected chi connectivity index (χ3v) is 4.10. The van der Waals surface area contributed by atoms with Gasteiger partial charge in [0.1, 0.15) is 5.75 Å². The summed E-state index contributed by atoms with van der Waals surface area (Å²) in [6.45, 7) is 0.402. The Morgan fingerprint density at radius 3 is 2.71 bits per heavy atom. The SMILES string of the molecule is O=C(CNC(=O)c1ccccc1)N[C@@H]1CCOc2c(Cl)cccc21. The third kappa shape index (κ3) is 3.68. The summed E-state index contributed by atoms with van der Waals surface area (Å²) in [5, 5.41) is 6.06. The van der Waals surface area contributed by atoms with Crippen molar-refractivity contribution in [2.75, 3.05) is 13.2 Å². The van der Waals surface area contributed by atoms with Gasteiger partial charge in [-0.15, -0.1) is 0 Å². The van der Waals surface area contributed by atoms with Gasteiger partial charge in [0.2, 0.25) is 5.91 Å². The highest BCUT2D eigenvalue weighted by Crippen LogP contribution is 2.37. The number of halogens is 1. The Morgan fingerprint density at radius 2 is 1.92 bits per heavy atom. The summed E-state index contributed by atoms with van der Waals surface area (Å²) >= 11 is 6.12. The monoisotopic (exact) mass is 344 g/mol. The molecular formula is C18H17ClN2O3. The minimum Gasteiger partial charge on any atom is -0.492 e. The van der Waals surface area contributed by atoms with Gasteiger partial charge in [0, 0.05) is 17.5 Å². The van der Waals surface area contributed by atoms with Crippen LogP contribution in [0.1, 0.15) is 28.4 Å². The molecule has 1 heterocycles. The van der Waals surface area contributed by atoms with Gasteiger partial charge < -0.3 is 15.4 Å². The van der Waals surface area contributed by atoms with Crippen LogP contribution in [0, 0.1) is 0 Å². The van der Waals surface area contributed by atoms with Gasteiger partial charge in [0.05, 0.1) is 24.2 Å². The van der Waals surface area contributed by atoms with Crippen LogP contribution >= 0.6 is 11.6 Å². The summed E-state index contributed by atoms with van der Waals surface area (Å²) < 4.78 is 5.57. The van der Waals surface area contributed by atoms with Crippen LogP contribution in [0.3, 0.4) is 0 Å². The highest BCUT2D eigenvalue weighted by atomic mass is 35.5. The third-order valence-electron chi connectivity index (χ3n) is 3.81. The smallest absolute Gasteiger partial charge is 0.251 e. The average Bonchev–Trinajstić information content (AvgIpc) is 2.61. The van der Waals surface area contributed by atoms with E-state index in [2.05, 4.69) is 10.6 Å². The number of benzene rings is 2. The zero-order valence-electron chi connectivity index (χ0n) is 12.9. The zero-order chi connectivity index (χ0) is 16.9. The predicted molar refractivity (Wildman–Crippen MR) is 91.2 cm³/mol. The van der Waals surface area contributed by atoms with Crippen LogP contribution in [-0.4, -0.2) is 25.0 Å². The largest absolute Gasteiger partial charge is 0.492 e. The number of nitrogens with one attached hydrogen (secondary N) is 2. The summed E-state index contributed by atoms with van der Waals surface area (Å²) in [5.41, 5.74) is 1.38. The first-order valence-corrected chi connectivity index (χ1v) is 8.07. The first-order valence-electron chi connectivity index (χ1n) is 7.69. The van der Waals surface area contributed by atoms with Gasteiger partial charge in [-0.25, -0.2) is 0 Å². The lowest BCUT2D eigenvalue weighted by Gasteiger charge is -2.27. The molecule has 1 atom stereocenters. The van der Waals surface area contributed by atoms with Gasteiger partial charge in [-0.05, 0) is 18.2 Å². The molecule has 2 N–H and O–H groups in total. The maximum absolute atomic E-state index is 12.1. The second-order valence-electron chi connectivity index (χ2n) is 5.46. The van der Waals surface area contributed by atoms with Gasteiger partial charge >= 0.3 is 0 Å². The number of fused-ring (bicyclic) bond motifs is 1. The van der Waals surface area contributed by atoms with Gasteiger partial charge in [-0.1, -0.05) is 41.9 Å². The molecule has 0 aromatic heterocycles. The van der Waals surface area contributed by atoms with Crippen LogP contribution in [0.4, 0.5) is 0 Å². The number of para-hydroxylation sites is 1. The van der Waals surface area contributed by atoms with Crippen molar-refractivity contribution in [2.45, 2.75) is 12.5 Å². The molecule has 0 bridgehead atoms. The summed E-state index contributed by atoms with van der Waals surface area (Å²) in [6.07, 6.45) is 0.658. The second-order valence-corrected chi connectivity index (χ2v) is 5.87. The molecule has 0 spiro atoms. The lowest BCUT2D eigenvalue weighted by Crippen LogP contribution is -2.40. The molecule has 1 aliphatic heterocycles. The van der Waals surface area contributed by atoms with E-state index >= 15 is 0 Å². The molecule has 2 amide bonds. The Bertz CT molecular complexity index is 749. The maximum Gasteiger partial charge on any atom is 0.251 e. The maximum atomic E-state index is 12.1. The molecule has 124 valence electrons. The van der Waals surface area contributed by atoms with E-state index in [0.29, 0.717) is 29.4 Å². The minimum atomic E-state index is -0.277. The summed E-state index contributed by atoms with van der Waals surface area (Å²) in [5.74, 6) is 0.0855. The van der Waals surface area contributed by atoms with Crippen molar-refractivity contribution >= 4 is 23.4 Å². The first-order chi connectivity index (χ1) is 11.6. The van der Waals surface area contributed by atoms with Crippen molar-refractivity contribution in [3.8, 4) is 5.75 Å². The Balaban J connectivity index is 1.59.